The second kappa shape index (κ2) is 3.39. The normalized spacial score (nSPS) is 12.6. The fourth-order valence-corrected chi connectivity index (χ4v) is 2.03. The number of nitrogens with zero attached hydrogens (tertiary/aromatic N) is 2. The summed E-state index contributed by atoms with van der Waals surface area (Å²) in [6.07, 6.45) is 3.16. The Bertz CT molecular complexity index is 501. The van der Waals surface area contributed by atoms with Gasteiger partial charge in [-0.2, -0.15) is 5.26 Å². The summed E-state index contributed by atoms with van der Waals surface area (Å²) in [6, 6.07) is 16.3. The van der Waals surface area contributed by atoms with Crippen molar-refractivity contribution in [2.45, 2.75) is 6.42 Å². The molecule has 2 aromatic carbocycles. The Kier molecular flexibility index (Phi) is 1.91. The van der Waals surface area contributed by atoms with Crippen molar-refractivity contribution in [2.75, 3.05) is 4.90 Å². The quantitative estimate of drug-likeness (QED) is 0.619. The first-order valence-corrected chi connectivity index (χ1v) is 5.24. The van der Waals surface area contributed by atoms with Gasteiger partial charge in [0.25, 0.3) is 0 Å². The summed E-state index contributed by atoms with van der Waals surface area (Å²) in [7, 11) is 0. The summed E-state index contributed by atoms with van der Waals surface area (Å²) >= 11 is 0. The fraction of sp³-hybridized carbons (Fsp3) is 0.0714. The van der Waals surface area contributed by atoms with E-state index in [9.17, 15) is 5.26 Å². The second-order valence-corrected chi connectivity index (χ2v) is 3.95. The third-order valence-electron chi connectivity index (χ3n) is 2.90. The van der Waals surface area contributed by atoms with Gasteiger partial charge in [0.1, 0.15) is 0 Å². The van der Waals surface area contributed by atoms with Gasteiger partial charge in [-0.1, -0.05) is 24.3 Å². The van der Waals surface area contributed by atoms with Crippen molar-refractivity contribution < 1.29 is 0 Å². The summed E-state index contributed by atoms with van der Waals surface area (Å²) in [5.74, 6) is 0. The highest BCUT2D eigenvalue weighted by Crippen LogP contribution is 2.27. The van der Waals surface area contributed by atoms with Gasteiger partial charge in [-0.3, -0.25) is 0 Å². The van der Waals surface area contributed by atoms with Crippen LogP contribution in [0.4, 0.5) is 11.4 Å². The van der Waals surface area contributed by atoms with Crippen LogP contribution in [0.25, 0.3) is 0 Å². The predicted molar refractivity (Wildman–Crippen MR) is 63.4 cm³/mol. The van der Waals surface area contributed by atoms with Gasteiger partial charge < -0.3 is 0 Å². The van der Waals surface area contributed by atoms with E-state index in [4.69, 9.17) is 0 Å². The summed E-state index contributed by atoms with van der Waals surface area (Å²) < 4.78 is 0. The van der Waals surface area contributed by atoms with Crippen LogP contribution in [-0.4, -0.2) is 0 Å². The van der Waals surface area contributed by atoms with E-state index in [2.05, 4.69) is 30.5 Å². The number of hydrogen-bond acceptors (Lipinski definition) is 2. The minimum Gasteiger partial charge on any atom is -0.248 e. The lowest BCUT2D eigenvalue weighted by molar-refractivity contribution is 1.16. The molecule has 4 aliphatic rings. The number of rotatable bonds is 0. The average molecular weight is 206 g/mol. The molecule has 4 aliphatic heterocycles. The predicted octanol–water partition coefficient (Wildman–Crippen LogP) is 3.21. The Morgan fingerprint density at radius 2 is 1.25 bits per heavy atom. The molecule has 0 aromatic heterocycles. The highest BCUT2D eigenvalue weighted by Gasteiger charge is 2.10. The fourth-order valence-electron chi connectivity index (χ4n) is 2.03. The Morgan fingerprint density at radius 1 is 0.812 bits per heavy atom. The molecule has 2 nitrogen and oxygen atoms in total. The molecule has 4 heterocycles. The van der Waals surface area contributed by atoms with E-state index < -0.39 is 0 Å². The lowest BCUT2D eigenvalue weighted by Crippen LogP contribution is -2.09. The van der Waals surface area contributed by atoms with E-state index in [0.29, 0.717) is 0 Å². The van der Waals surface area contributed by atoms with Crippen LogP contribution in [0.15, 0.2) is 48.5 Å². The molecule has 6 rings (SSSR count). The molecule has 0 atom stereocenters. The molecule has 4 bridgehead atoms. The third kappa shape index (κ3) is 1.34. The Morgan fingerprint density at radius 3 is 1.62 bits per heavy atom. The summed E-state index contributed by atoms with van der Waals surface area (Å²) in [4.78, 5) is 1.64. The highest BCUT2D eigenvalue weighted by atomic mass is 15.1. The second-order valence-electron chi connectivity index (χ2n) is 3.95. The molecule has 0 unspecified atom stereocenters. The van der Waals surface area contributed by atoms with Crippen molar-refractivity contribution in [3.05, 3.63) is 59.7 Å². The molecule has 16 heavy (non-hydrogen) atoms. The molecular weight excluding hydrogens is 196 g/mol. The average Bonchev–Trinajstić information content (AvgIpc) is 2.36. The highest BCUT2D eigenvalue weighted by molar-refractivity contribution is 5.68. The number of benzene rings is 2. The minimum atomic E-state index is 0.918. The number of nitriles is 1. The van der Waals surface area contributed by atoms with Gasteiger partial charge in [0.15, 0.2) is 6.19 Å². The van der Waals surface area contributed by atoms with Crippen molar-refractivity contribution in [1.29, 1.82) is 5.26 Å². The van der Waals surface area contributed by atoms with E-state index in [1.807, 2.05) is 24.3 Å². The zero-order valence-corrected chi connectivity index (χ0v) is 8.72. The largest absolute Gasteiger partial charge is 0.248 e. The van der Waals surface area contributed by atoms with Crippen molar-refractivity contribution in [3.63, 3.8) is 0 Å². The molecule has 76 valence electrons. The van der Waals surface area contributed by atoms with Crippen molar-refractivity contribution in [2.24, 2.45) is 0 Å². The van der Waals surface area contributed by atoms with Gasteiger partial charge in [0, 0.05) is 0 Å². The van der Waals surface area contributed by atoms with Crippen molar-refractivity contribution in [3.8, 4) is 6.19 Å². The monoisotopic (exact) mass is 206 g/mol. The maximum Gasteiger partial charge on any atom is 0.189 e. The van der Waals surface area contributed by atoms with E-state index in [1.165, 1.54) is 11.1 Å². The van der Waals surface area contributed by atoms with Gasteiger partial charge in [-0.15, -0.1) is 0 Å². The molecule has 0 amide bonds. The first-order chi connectivity index (χ1) is 7.86. The molecular formula is C14H10N2. The Hall–Kier alpha value is -2.27. The summed E-state index contributed by atoms with van der Waals surface area (Å²) in [5.41, 5.74) is 4.38. The molecule has 0 radical (unpaired) electrons. The number of hydrogen-bond donors (Lipinski definition) is 0. The van der Waals surface area contributed by atoms with Crippen LogP contribution in [-0.2, 0) is 6.42 Å². The van der Waals surface area contributed by atoms with E-state index in [-0.39, 0.29) is 0 Å². The van der Waals surface area contributed by atoms with Gasteiger partial charge in [0.05, 0.1) is 11.4 Å². The van der Waals surface area contributed by atoms with Gasteiger partial charge in [-0.05, 0) is 41.8 Å². The van der Waals surface area contributed by atoms with E-state index >= 15 is 0 Å². The van der Waals surface area contributed by atoms with Crippen molar-refractivity contribution >= 4 is 11.4 Å². The Balaban J connectivity index is 2.25. The standard InChI is InChI=1S/C14H10N2/c15-10-16-13-5-1-11(2-6-13)9-12-3-7-14(16)8-4-12/h1-8H,9H2. The first-order valence-electron chi connectivity index (χ1n) is 5.24. The maximum absolute atomic E-state index is 9.19. The molecule has 0 aliphatic carbocycles. The minimum absolute atomic E-state index is 0.918. The molecule has 2 heteroatoms. The SMILES string of the molecule is N#CN1c2ccc(cc2)Cc2ccc1cc2. The van der Waals surface area contributed by atoms with Crippen molar-refractivity contribution in [1.82, 2.24) is 0 Å². The van der Waals surface area contributed by atoms with Crippen LogP contribution in [0, 0.1) is 11.5 Å². The lowest BCUT2D eigenvalue weighted by Gasteiger charge is -2.18. The zero-order chi connectivity index (χ0) is 11.0. The van der Waals surface area contributed by atoms with Crippen LogP contribution >= 0.6 is 0 Å². The van der Waals surface area contributed by atoms with Gasteiger partial charge in [-0.25, -0.2) is 4.90 Å². The van der Waals surface area contributed by atoms with Crippen LogP contribution in [0.1, 0.15) is 11.1 Å². The van der Waals surface area contributed by atoms with Gasteiger partial charge >= 0.3 is 0 Å². The summed E-state index contributed by atoms with van der Waals surface area (Å²) in [5, 5.41) is 9.19. The molecule has 0 N–H and O–H groups in total. The van der Waals surface area contributed by atoms with Crippen LogP contribution < -0.4 is 4.90 Å². The molecule has 0 saturated heterocycles. The Labute approximate surface area is 94.4 Å². The molecule has 0 spiro atoms. The lowest BCUT2D eigenvalue weighted by atomic mass is 10.0. The van der Waals surface area contributed by atoms with Crippen LogP contribution in [0.3, 0.4) is 0 Å². The van der Waals surface area contributed by atoms with E-state index in [1.54, 1.807) is 4.90 Å². The molecule has 0 fully saturated rings. The van der Waals surface area contributed by atoms with E-state index in [0.717, 1.165) is 17.8 Å². The summed E-state index contributed by atoms with van der Waals surface area (Å²) in [6.45, 7) is 0. The first kappa shape index (κ1) is 8.99. The smallest absolute Gasteiger partial charge is 0.189 e. The molecule has 2 aromatic rings. The zero-order valence-electron chi connectivity index (χ0n) is 8.72. The number of anilines is 2. The van der Waals surface area contributed by atoms with Crippen LogP contribution in [0.5, 0.6) is 0 Å². The van der Waals surface area contributed by atoms with Gasteiger partial charge in [0.2, 0.25) is 0 Å². The topological polar surface area (TPSA) is 27.0 Å². The third-order valence-corrected chi connectivity index (χ3v) is 2.90. The maximum atomic E-state index is 9.19. The van der Waals surface area contributed by atoms with Crippen LogP contribution in [0.2, 0.25) is 0 Å². The molecule has 0 saturated carbocycles.